The molecule has 5 N–H and O–H groups in total. The molecule has 4 unspecified atom stereocenters. The van der Waals surface area contributed by atoms with Crippen LogP contribution in [0.15, 0.2) is 30.3 Å². The van der Waals surface area contributed by atoms with E-state index in [1.54, 1.807) is 6.92 Å². The van der Waals surface area contributed by atoms with Crippen LogP contribution in [-0.2, 0) is 20.8 Å². The Labute approximate surface area is 160 Å². The second-order valence-electron chi connectivity index (χ2n) is 7.23. The van der Waals surface area contributed by atoms with E-state index in [4.69, 9.17) is 5.73 Å². The summed E-state index contributed by atoms with van der Waals surface area (Å²) in [4.78, 5) is 36.7. The maximum atomic E-state index is 12.8. The number of carboxylic acids is 1. The van der Waals surface area contributed by atoms with Crippen LogP contribution in [0.25, 0.3) is 0 Å². The molecule has 0 aliphatic carbocycles. The lowest BCUT2D eigenvalue weighted by Gasteiger charge is -2.26. The maximum Gasteiger partial charge on any atom is 0.326 e. The van der Waals surface area contributed by atoms with Crippen LogP contribution in [0.2, 0.25) is 0 Å². The molecule has 150 valence electrons. The number of hydrogen-bond donors (Lipinski definition) is 4. The molecule has 0 spiro atoms. The van der Waals surface area contributed by atoms with Crippen molar-refractivity contribution in [2.75, 3.05) is 0 Å². The summed E-state index contributed by atoms with van der Waals surface area (Å²) >= 11 is 0. The number of nitrogens with two attached hydrogens (primary N) is 1. The number of carbonyl (C=O) groups excluding carboxylic acids is 2. The fraction of sp³-hybridized carbons (Fsp3) is 0.550. The summed E-state index contributed by atoms with van der Waals surface area (Å²) in [6.07, 6.45) is 0.848. The second-order valence-corrected chi connectivity index (χ2v) is 7.23. The van der Waals surface area contributed by atoms with Crippen molar-refractivity contribution in [1.82, 2.24) is 10.6 Å². The quantitative estimate of drug-likeness (QED) is 0.490. The minimum atomic E-state index is -1.10. The summed E-state index contributed by atoms with van der Waals surface area (Å²) in [5, 5.41) is 14.7. The summed E-state index contributed by atoms with van der Waals surface area (Å²) in [6.45, 7) is 7.26. The molecule has 1 rings (SSSR count). The molecule has 0 aliphatic rings. The van der Waals surface area contributed by atoms with Crippen molar-refractivity contribution >= 4 is 17.8 Å². The van der Waals surface area contributed by atoms with Crippen LogP contribution in [0.4, 0.5) is 0 Å². The van der Waals surface area contributed by atoms with Crippen LogP contribution in [0.5, 0.6) is 0 Å². The van der Waals surface area contributed by atoms with Gasteiger partial charge in [0.15, 0.2) is 0 Å². The van der Waals surface area contributed by atoms with Crippen LogP contribution >= 0.6 is 0 Å². The molecule has 0 saturated heterocycles. The Hall–Kier alpha value is -2.41. The van der Waals surface area contributed by atoms with Crippen LogP contribution in [0.1, 0.15) is 39.7 Å². The predicted octanol–water partition coefficient (Wildman–Crippen LogP) is 1.31. The Kier molecular flexibility index (Phi) is 8.94. The van der Waals surface area contributed by atoms with E-state index in [1.807, 2.05) is 51.1 Å². The lowest BCUT2D eigenvalue weighted by atomic mass is 9.97. The van der Waals surface area contributed by atoms with E-state index < -0.39 is 35.9 Å². The molecule has 0 radical (unpaired) electrons. The van der Waals surface area contributed by atoms with Crippen molar-refractivity contribution in [3.05, 3.63) is 35.9 Å². The molecule has 1 aromatic rings. The fourth-order valence-corrected chi connectivity index (χ4v) is 2.57. The average Bonchev–Trinajstić information content (AvgIpc) is 2.64. The van der Waals surface area contributed by atoms with Crippen molar-refractivity contribution < 1.29 is 19.5 Å². The first-order valence-electron chi connectivity index (χ1n) is 9.30. The number of rotatable bonds is 10. The SMILES string of the molecule is CCC(C)C(NC(=O)C(Cc1ccccc1)NC(=O)C(N)C(C)C)C(=O)O. The number of benzene rings is 1. The van der Waals surface area contributed by atoms with Gasteiger partial charge in [-0.25, -0.2) is 4.79 Å². The van der Waals surface area contributed by atoms with Gasteiger partial charge >= 0.3 is 5.97 Å². The highest BCUT2D eigenvalue weighted by atomic mass is 16.4. The molecule has 2 amide bonds. The third-order valence-electron chi connectivity index (χ3n) is 4.71. The molecule has 0 saturated carbocycles. The summed E-state index contributed by atoms with van der Waals surface area (Å²) in [5.41, 5.74) is 6.74. The van der Waals surface area contributed by atoms with Crippen LogP contribution in [0, 0.1) is 11.8 Å². The molecule has 27 heavy (non-hydrogen) atoms. The minimum Gasteiger partial charge on any atom is -0.480 e. The van der Waals surface area contributed by atoms with Gasteiger partial charge in [0.25, 0.3) is 0 Å². The topological polar surface area (TPSA) is 122 Å². The van der Waals surface area contributed by atoms with Crippen LogP contribution in [-0.4, -0.2) is 41.0 Å². The van der Waals surface area contributed by atoms with Gasteiger partial charge in [-0.15, -0.1) is 0 Å². The van der Waals surface area contributed by atoms with E-state index >= 15 is 0 Å². The van der Waals surface area contributed by atoms with E-state index in [9.17, 15) is 19.5 Å². The summed E-state index contributed by atoms with van der Waals surface area (Å²) in [6, 6.07) is 6.55. The molecule has 0 aliphatic heterocycles. The van der Waals surface area contributed by atoms with E-state index in [0.717, 1.165) is 5.56 Å². The zero-order valence-electron chi connectivity index (χ0n) is 16.4. The number of nitrogens with one attached hydrogen (secondary N) is 2. The lowest BCUT2D eigenvalue weighted by Crippen LogP contribution is -2.57. The average molecular weight is 377 g/mol. The maximum absolute atomic E-state index is 12.8. The van der Waals surface area contributed by atoms with Gasteiger partial charge in [0.05, 0.1) is 6.04 Å². The predicted molar refractivity (Wildman–Crippen MR) is 104 cm³/mol. The lowest BCUT2D eigenvalue weighted by molar-refractivity contribution is -0.143. The van der Waals surface area contributed by atoms with E-state index in [0.29, 0.717) is 6.42 Å². The van der Waals surface area contributed by atoms with Crippen molar-refractivity contribution in [1.29, 1.82) is 0 Å². The molecule has 0 aromatic heterocycles. The Bertz CT molecular complexity index is 633. The number of hydrogen-bond acceptors (Lipinski definition) is 4. The van der Waals surface area contributed by atoms with Gasteiger partial charge in [-0.05, 0) is 17.4 Å². The first-order valence-corrected chi connectivity index (χ1v) is 9.30. The zero-order chi connectivity index (χ0) is 20.6. The number of carboxylic acid groups (broad SMARTS) is 1. The van der Waals surface area contributed by atoms with E-state index in [-0.39, 0.29) is 18.3 Å². The number of amides is 2. The molecule has 0 bridgehead atoms. The monoisotopic (exact) mass is 377 g/mol. The smallest absolute Gasteiger partial charge is 0.326 e. The highest BCUT2D eigenvalue weighted by Gasteiger charge is 2.30. The van der Waals surface area contributed by atoms with Gasteiger partial charge in [0.1, 0.15) is 12.1 Å². The molecule has 4 atom stereocenters. The largest absolute Gasteiger partial charge is 0.480 e. The van der Waals surface area contributed by atoms with Gasteiger partial charge in [0.2, 0.25) is 11.8 Å². The molecule has 7 heteroatoms. The Balaban J connectivity index is 2.99. The summed E-state index contributed by atoms with van der Waals surface area (Å²) < 4.78 is 0. The Morgan fingerprint density at radius 1 is 1.04 bits per heavy atom. The van der Waals surface area contributed by atoms with Gasteiger partial charge in [0, 0.05) is 6.42 Å². The second kappa shape index (κ2) is 10.7. The molecule has 0 fully saturated rings. The zero-order valence-corrected chi connectivity index (χ0v) is 16.4. The van der Waals surface area contributed by atoms with Crippen LogP contribution in [0.3, 0.4) is 0 Å². The molecule has 7 nitrogen and oxygen atoms in total. The highest BCUT2D eigenvalue weighted by molar-refractivity contribution is 5.92. The number of carbonyl (C=O) groups is 3. The van der Waals surface area contributed by atoms with Crippen molar-refractivity contribution in [2.45, 2.75) is 58.7 Å². The van der Waals surface area contributed by atoms with E-state index in [1.165, 1.54) is 0 Å². The van der Waals surface area contributed by atoms with Gasteiger partial charge < -0.3 is 21.5 Å². The Morgan fingerprint density at radius 3 is 2.11 bits per heavy atom. The van der Waals surface area contributed by atoms with E-state index in [2.05, 4.69) is 10.6 Å². The normalized spacial score (nSPS) is 15.5. The van der Waals surface area contributed by atoms with Gasteiger partial charge in [-0.3, -0.25) is 9.59 Å². The molecular weight excluding hydrogens is 346 g/mol. The minimum absolute atomic E-state index is 0.0858. The van der Waals surface area contributed by atoms with Gasteiger partial charge in [-0.2, -0.15) is 0 Å². The molecular formula is C20H31N3O4. The molecule has 0 heterocycles. The fourth-order valence-electron chi connectivity index (χ4n) is 2.57. The molecule has 1 aromatic carbocycles. The van der Waals surface area contributed by atoms with Gasteiger partial charge in [-0.1, -0.05) is 64.4 Å². The Morgan fingerprint density at radius 2 is 1.63 bits per heavy atom. The first-order chi connectivity index (χ1) is 12.7. The summed E-state index contributed by atoms with van der Waals surface area (Å²) in [5.74, 6) is -2.39. The standard InChI is InChI=1S/C20H31N3O4/c1-5-13(4)17(20(26)27)23-18(24)15(11-14-9-7-6-8-10-14)22-19(25)16(21)12(2)3/h6-10,12-13,15-17H,5,11,21H2,1-4H3,(H,22,25)(H,23,24)(H,26,27). The third kappa shape index (κ3) is 7.02. The first kappa shape index (κ1) is 22.6. The van der Waals surface area contributed by atoms with Crippen LogP contribution < -0.4 is 16.4 Å². The van der Waals surface area contributed by atoms with Crippen molar-refractivity contribution in [2.24, 2.45) is 17.6 Å². The highest BCUT2D eigenvalue weighted by Crippen LogP contribution is 2.10. The third-order valence-corrected chi connectivity index (χ3v) is 4.71. The van der Waals surface area contributed by atoms with Crippen molar-refractivity contribution in [3.63, 3.8) is 0 Å². The number of aliphatic carboxylic acids is 1. The van der Waals surface area contributed by atoms with Crippen molar-refractivity contribution in [3.8, 4) is 0 Å². The summed E-state index contributed by atoms with van der Waals surface area (Å²) in [7, 11) is 0.